The minimum absolute atomic E-state index is 0.00914. The molecule has 0 aliphatic rings. The first-order valence-corrected chi connectivity index (χ1v) is 4.52. The van der Waals surface area contributed by atoms with Gasteiger partial charge in [-0.05, 0) is 6.07 Å². The normalized spacial score (nSPS) is 10.2. The molecule has 1 N–H and O–H groups in total. The molecule has 0 spiro atoms. The van der Waals surface area contributed by atoms with Gasteiger partial charge in [0, 0.05) is 0 Å². The van der Waals surface area contributed by atoms with Crippen LogP contribution in [0.2, 0.25) is 20.1 Å². The highest BCUT2D eigenvalue weighted by atomic mass is 35.5. The zero-order valence-corrected chi connectivity index (χ0v) is 8.97. The molecule has 0 aliphatic carbocycles. The van der Waals surface area contributed by atoms with Crippen LogP contribution in [0, 0.1) is 0 Å². The van der Waals surface area contributed by atoms with Gasteiger partial charge in [-0.1, -0.05) is 46.4 Å². The van der Waals surface area contributed by atoms with Crippen LogP contribution in [-0.2, 0) is 0 Å². The Morgan fingerprint density at radius 1 is 1.08 bits per heavy atom. The molecule has 0 aromatic heterocycles. The fraction of sp³-hybridized carbons (Fsp3) is 0. The van der Waals surface area contributed by atoms with Crippen molar-refractivity contribution in [1.82, 2.24) is 0 Å². The molecular weight excluding hydrogens is 258 g/mol. The Hall–Kier alpha value is -0.150. The summed E-state index contributed by atoms with van der Waals surface area (Å²) in [6, 6.07) is 1.24. The molecule has 13 heavy (non-hydrogen) atoms. The number of benzene rings is 1. The monoisotopic (exact) mass is 258 g/mol. The van der Waals surface area contributed by atoms with Crippen molar-refractivity contribution < 1.29 is 9.90 Å². The van der Waals surface area contributed by atoms with Crippen molar-refractivity contribution >= 4 is 52.4 Å². The maximum atomic E-state index is 10.6. The molecule has 0 bridgehead atoms. The third-order valence-electron chi connectivity index (χ3n) is 1.33. The van der Waals surface area contributed by atoms with E-state index < -0.39 is 5.97 Å². The maximum Gasteiger partial charge on any atom is 0.338 e. The molecule has 1 aromatic rings. The third kappa shape index (κ3) is 2.02. The fourth-order valence-corrected chi connectivity index (χ4v) is 1.84. The lowest BCUT2D eigenvalue weighted by Crippen LogP contribution is -1.99. The summed E-state index contributed by atoms with van der Waals surface area (Å²) in [5.41, 5.74) is -0.238. The highest BCUT2D eigenvalue weighted by Gasteiger charge is 2.18. The van der Waals surface area contributed by atoms with E-state index in [4.69, 9.17) is 51.5 Å². The van der Waals surface area contributed by atoms with Crippen LogP contribution in [0.1, 0.15) is 10.4 Å². The molecule has 0 radical (unpaired) electrons. The summed E-state index contributed by atoms with van der Waals surface area (Å²) in [5, 5.41) is 8.63. The number of rotatable bonds is 1. The maximum absolute atomic E-state index is 10.6. The highest BCUT2D eigenvalue weighted by molar-refractivity contribution is 6.50. The number of carboxylic acids is 1. The molecule has 0 aliphatic heterocycles. The fourth-order valence-electron chi connectivity index (χ4n) is 0.762. The van der Waals surface area contributed by atoms with Crippen LogP contribution in [0.5, 0.6) is 0 Å². The topological polar surface area (TPSA) is 37.3 Å². The van der Waals surface area contributed by atoms with E-state index in [1.54, 1.807) is 0 Å². The summed E-state index contributed by atoms with van der Waals surface area (Å²) in [4.78, 5) is 10.6. The standard InChI is InChI=1S/C7H2Cl4O2/c8-2-1-3(9)5(10)6(11)4(2)7(12)13/h1H,(H,12,13). The first-order valence-electron chi connectivity index (χ1n) is 3.01. The van der Waals surface area contributed by atoms with Crippen LogP contribution < -0.4 is 0 Å². The summed E-state index contributed by atoms with van der Waals surface area (Å²) in [5.74, 6) is -1.24. The average molecular weight is 260 g/mol. The molecule has 1 aromatic carbocycles. The lowest BCUT2D eigenvalue weighted by atomic mass is 10.2. The average Bonchev–Trinajstić information content (AvgIpc) is 1.99. The van der Waals surface area contributed by atoms with Crippen molar-refractivity contribution in [2.75, 3.05) is 0 Å². The minimum Gasteiger partial charge on any atom is -0.478 e. The second kappa shape index (κ2) is 3.93. The first-order chi connectivity index (χ1) is 5.95. The van der Waals surface area contributed by atoms with Crippen molar-refractivity contribution in [2.24, 2.45) is 0 Å². The molecule has 0 fully saturated rings. The Morgan fingerprint density at radius 3 is 2.08 bits per heavy atom. The van der Waals surface area contributed by atoms with Gasteiger partial charge in [0.05, 0.1) is 25.7 Å². The van der Waals surface area contributed by atoms with Gasteiger partial charge in [0.2, 0.25) is 0 Å². The van der Waals surface area contributed by atoms with E-state index in [2.05, 4.69) is 0 Å². The molecule has 6 heteroatoms. The Bertz CT molecular complexity index is 375. The van der Waals surface area contributed by atoms with Crippen LogP contribution in [0.3, 0.4) is 0 Å². The smallest absolute Gasteiger partial charge is 0.338 e. The quantitative estimate of drug-likeness (QED) is 0.612. The van der Waals surface area contributed by atoms with Gasteiger partial charge in [0.1, 0.15) is 0 Å². The van der Waals surface area contributed by atoms with Crippen LogP contribution in [0.4, 0.5) is 0 Å². The molecule has 0 saturated heterocycles. The van der Waals surface area contributed by atoms with Gasteiger partial charge in [-0.3, -0.25) is 0 Å². The van der Waals surface area contributed by atoms with E-state index in [9.17, 15) is 4.79 Å². The summed E-state index contributed by atoms with van der Waals surface area (Å²) in [6.45, 7) is 0. The molecule has 70 valence electrons. The largest absolute Gasteiger partial charge is 0.478 e. The van der Waals surface area contributed by atoms with Gasteiger partial charge in [0.25, 0.3) is 0 Å². The summed E-state index contributed by atoms with van der Waals surface area (Å²) >= 11 is 22.4. The molecule has 0 heterocycles. The second-order valence-electron chi connectivity index (χ2n) is 2.15. The van der Waals surface area contributed by atoms with Gasteiger partial charge >= 0.3 is 5.97 Å². The van der Waals surface area contributed by atoms with Crippen molar-refractivity contribution in [3.63, 3.8) is 0 Å². The minimum atomic E-state index is -1.24. The molecule has 0 atom stereocenters. The van der Waals surface area contributed by atoms with Gasteiger partial charge in [-0.15, -0.1) is 0 Å². The van der Waals surface area contributed by atoms with Crippen LogP contribution in [0.15, 0.2) is 6.07 Å². The Morgan fingerprint density at radius 2 is 1.62 bits per heavy atom. The van der Waals surface area contributed by atoms with Crippen LogP contribution in [-0.4, -0.2) is 11.1 Å². The Kier molecular flexibility index (Phi) is 3.30. The molecular formula is C7H2Cl4O2. The molecule has 0 saturated carbocycles. The molecule has 2 nitrogen and oxygen atoms in total. The molecule has 1 rings (SSSR count). The third-order valence-corrected chi connectivity index (χ3v) is 2.89. The second-order valence-corrected chi connectivity index (χ2v) is 3.72. The van der Waals surface area contributed by atoms with Gasteiger partial charge in [-0.25, -0.2) is 4.79 Å². The first kappa shape index (κ1) is 10.9. The predicted molar refractivity (Wildman–Crippen MR) is 53.4 cm³/mol. The lowest BCUT2D eigenvalue weighted by molar-refractivity contribution is 0.0697. The molecule has 0 amide bonds. The van der Waals surface area contributed by atoms with Gasteiger partial charge in [0.15, 0.2) is 0 Å². The number of carboxylic acid groups (broad SMARTS) is 1. The van der Waals surface area contributed by atoms with Crippen molar-refractivity contribution in [1.29, 1.82) is 0 Å². The van der Waals surface area contributed by atoms with Crippen LogP contribution in [0.25, 0.3) is 0 Å². The summed E-state index contributed by atoms with van der Waals surface area (Å²) in [7, 11) is 0. The zero-order valence-electron chi connectivity index (χ0n) is 5.94. The predicted octanol–water partition coefficient (Wildman–Crippen LogP) is 4.00. The van der Waals surface area contributed by atoms with E-state index in [-0.39, 0.29) is 25.7 Å². The number of hydrogen-bond acceptors (Lipinski definition) is 1. The number of aromatic carboxylic acids is 1. The van der Waals surface area contributed by atoms with Crippen molar-refractivity contribution in [3.8, 4) is 0 Å². The van der Waals surface area contributed by atoms with Gasteiger partial charge < -0.3 is 5.11 Å². The van der Waals surface area contributed by atoms with Crippen LogP contribution >= 0.6 is 46.4 Å². The number of hydrogen-bond donors (Lipinski definition) is 1. The summed E-state index contributed by atoms with van der Waals surface area (Å²) in [6.07, 6.45) is 0. The van der Waals surface area contributed by atoms with E-state index in [1.165, 1.54) is 6.07 Å². The Labute approximate surface area is 94.0 Å². The van der Waals surface area contributed by atoms with E-state index in [0.717, 1.165) is 0 Å². The van der Waals surface area contributed by atoms with Crippen molar-refractivity contribution in [3.05, 3.63) is 31.7 Å². The number of halogens is 4. The van der Waals surface area contributed by atoms with Crippen molar-refractivity contribution in [2.45, 2.75) is 0 Å². The Balaban J connectivity index is 3.53. The number of carbonyl (C=O) groups is 1. The molecule has 0 unspecified atom stereocenters. The zero-order chi connectivity index (χ0) is 10.2. The lowest BCUT2D eigenvalue weighted by Gasteiger charge is -2.05. The van der Waals surface area contributed by atoms with E-state index >= 15 is 0 Å². The summed E-state index contributed by atoms with van der Waals surface area (Å²) < 4.78 is 0. The van der Waals surface area contributed by atoms with E-state index in [1.807, 2.05) is 0 Å². The highest BCUT2D eigenvalue weighted by Crippen LogP contribution is 2.37. The van der Waals surface area contributed by atoms with E-state index in [0.29, 0.717) is 0 Å². The van der Waals surface area contributed by atoms with Gasteiger partial charge in [-0.2, -0.15) is 0 Å². The SMILES string of the molecule is O=C(O)c1c(Cl)cc(Cl)c(Cl)c1Cl.